The normalized spacial score (nSPS) is 12.4. The summed E-state index contributed by atoms with van der Waals surface area (Å²) in [5.74, 6) is 0.0676. The van der Waals surface area contributed by atoms with Crippen LogP contribution in [0.5, 0.6) is 5.75 Å². The second-order valence-corrected chi connectivity index (χ2v) is 7.73. The Morgan fingerprint density at radius 2 is 1.80 bits per heavy atom. The predicted octanol–water partition coefficient (Wildman–Crippen LogP) is 4.65. The van der Waals surface area contributed by atoms with Gasteiger partial charge < -0.3 is 14.6 Å². The minimum atomic E-state index is -4.76. The summed E-state index contributed by atoms with van der Waals surface area (Å²) in [6, 6.07) is 14.8. The first-order chi connectivity index (χ1) is 14.2. The van der Waals surface area contributed by atoms with Crippen molar-refractivity contribution >= 4 is 23.4 Å². The average Bonchev–Trinajstić information content (AvgIpc) is 3.02. The highest BCUT2D eigenvalue weighted by atomic mass is 32.2. The molecule has 2 aromatic carbocycles. The molecule has 30 heavy (non-hydrogen) atoms. The number of carbonyl (C=O) groups is 1. The lowest BCUT2D eigenvalue weighted by Crippen LogP contribution is -2.23. The Morgan fingerprint density at radius 1 is 1.13 bits per heavy atom. The highest BCUT2D eigenvalue weighted by Gasteiger charge is 2.31. The maximum Gasteiger partial charge on any atom is 0.573 e. The van der Waals surface area contributed by atoms with Crippen molar-refractivity contribution in [2.24, 2.45) is 0 Å². The largest absolute Gasteiger partial charge is 0.573 e. The number of nitrogens with one attached hydrogen (secondary N) is 1. The van der Waals surface area contributed by atoms with Crippen LogP contribution in [-0.4, -0.2) is 32.3 Å². The van der Waals surface area contributed by atoms with E-state index in [9.17, 15) is 18.0 Å². The van der Waals surface area contributed by atoms with Crippen molar-refractivity contribution in [3.05, 3.63) is 66.0 Å². The van der Waals surface area contributed by atoms with E-state index in [2.05, 4.69) is 20.3 Å². The molecule has 1 N–H and O–H groups in total. The monoisotopic (exact) mass is 436 g/mol. The van der Waals surface area contributed by atoms with Crippen molar-refractivity contribution < 1.29 is 22.7 Å². The highest BCUT2D eigenvalue weighted by molar-refractivity contribution is 8.00. The van der Waals surface area contributed by atoms with Crippen LogP contribution in [0, 0.1) is 6.92 Å². The Bertz CT molecular complexity index is 992. The van der Waals surface area contributed by atoms with Gasteiger partial charge in [0.15, 0.2) is 5.16 Å². The summed E-state index contributed by atoms with van der Waals surface area (Å²) < 4.78 is 42.4. The number of carbonyl (C=O) groups excluding carboxylic acids is 1. The van der Waals surface area contributed by atoms with Gasteiger partial charge in [-0.1, -0.05) is 42.1 Å². The second kappa shape index (κ2) is 9.21. The molecule has 6 nitrogen and oxygen atoms in total. The number of benzene rings is 2. The predicted molar refractivity (Wildman–Crippen MR) is 107 cm³/mol. The van der Waals surface area contributed by atoms with Crippen LogP contribution in [0.4, 0.5) is 18.9 Å². The van der Waals surface area contributed by atoms with Gasteiger partial charge in [0.25, 0.3) is 0 Å². The number of nitrogens with zero attached hydrogens (tertiary/aromatic N) is 3. The standard InChI is InChI=1S/C20H19F3N4O2S/c1-13(18(28)24-16-8-10-17(11-9-16)29-20(21,22)23)30-19-26-25-14(2)27(19)12-15-6-4-3-5-7-15/h3-11,13H,12H2,1-2H3,(H,24,28). The number of hydrogen-bond donors (Lipinski definition) is 1. The van der Waals surface area contributed by atoms with Crippen LogP contribution in [0.15, 0.2) is 59.8 Å². The van der Waals surface area contributed by atoms with E-state index in [0.717, 1.165) is 23.5 Å². The first-order valence-corrected chi connectivity index (χ1v) is 9.86. The number of aryl methyl sites for hydroxylation is 1. The van der Waals surface area contributed by atoms with Crippen LogP contribution in [0.1, 0.15) is 18.3 Å². The molecule has 0 radical (unpaired) electrons. The molecular weight excluding hydrogens is 417 g/mol. The maximum absolute atomic E-state index is 12.5. The molecule has 1 heterocycles. The summed E-state index contributed by atoms with van der Waals surface area (Å²) in [7, 11) is 0. The number of anilines is 1. The van der Waals surface area contributed by atoms with E-state index in [1.807, 2.05) is 41.8 Å². The quantitative estimate of drug-likeness (QED) is 0.546. The van der Waals surface area contributed by atoms with Crippen LogP contribution in [0.25, 0.3) is 0 Å². The van der Waals surface area contributed by atoms with Crippen molar-refractivity contribution in [3.63, 3.8) is 0 Å². The lowest BCUT2D eigenvalue weighted by molar-refractivity contribution is -0.274. The molecule has 0 fully saturated rings. The van der Waals surface area contributed by atoms with E-state index in [1.165, 1.54) is 23.9 Å². The first-order valence-electron chi connectivity index (χ1n) is 8.98. The molecule has 0 saturated heterocycles. The fourth-order valence-electron chi connectivity index (χ4n) is 2.59. The maximum atomic E-state index is 12.5. The van der Waals surface area contributed by atoms with Gasteiger partial charge in [-0.3, -0.25) is 4.79 Å². The second-order valence-electron chi connectivity index (χ2n) is 6.42. The summed E-state index contributed by atoms with van der Waals surface area (Å²) in [5.41, 5.74) is 1.45. The van der Waals surface area contributed by atoms with E-state index in [1.54, 1.807) is 6.92 Å². The smallest absolute Gasteiger partial charge is 0.406 e. The summed E-state index contributed by atoms with van der Waals surface area (Å²) in [6.07, 6.45) is -4.76. The van der Waals surface area contributed by atoms with Gasteiger partial charge in [-0.2, -0.15) is 0 Å². The Morgan fingerprint density at radius 3 is 2.43 bits per heavy atom. The fraction of sp³-hybridized carbons (Fsp3) is 0.250. The fourth-order valence-corrected chi connectivity index (χ4v) is 3.49. The van der Waals surface area contributed by atoms with Gasteiger partial charge in [-0.05, 0) is 43.7 Å². The van der Waals surface area contributed by atoms with Crippen LogP contribution in [0.2, 0.25) is 0 Å². The van der Waals surface area contributed by atoms with E-state index in [-0.39, 0.29) is 11.7 Å². The molecule has 0 spiro atoms. The topological polar surface area (TPSA) is 69.0 Å². The van der Waals surface area contributed by atoms with Gasteiger partial charge in [0.2, 0.25) is 5.91 Å². The molecule has 1 atom stereocenters. The number of hydrogen-bond acceptors (Lipinski definition) is 5. The zero-order valence-corrected chi connectivity index (χ0v) is 17.0. The number of thioether (sulfide) groups is 1. The molecule has 1 aromatic heterocycles. The van der Waals surface area contributed by atoms with Crippen molar-refractivity contribution in [1.29, 1.82) is 0 Å². The number of amides is 1. The summed E-state index contributed by atoms with van der Waals surface area (Å²) in [5, 5.41) is 11.0. The molecule has 0 aliphatic heterocycles. The lowest BCUT2D eigenvalue weighted by atomic mass is 10.2. The molecule has 1 amide bonds. The van der Waals surface area contributed by atoms with Crippen molar-refractivity contribution in [3.8, 4) is 5.75 Å². The molecule has 10 heteroatoms. The molecule has 158 valence electrons. The van der Waals surface area contributed by atoms with E-state index >= 15 is 0 Å². The van der Waals surface area contributed by atoms with Crippen molar-refractivity contribution in [2.75, 3.05) is 5.32 Å². The van der Waals surface area contributed by atoms with Gasteiger partial charge in [-0.25, -0.2) is 0 Å². The Hall–Kier alpha value is -3.01. The van der Waals surface area contributed by atoms with Gasteiger partial charge in [0.1, 0.15) is 11.6 Å². The van der Waals surface area contributed by atoms with Gasteiger partial charge in [-0.15, -0.1) is 23.4 Å². The number of rotatable bonds is 7. The molecule has 0 saturated carbocycles. The van der Waals surface area contributed by atoms with Crippen LogP contribution in [-0.2, 0) is 11.3 Å². The van der Waals surface area contributed by atoms with Gasteiger partial charge in [0.05, 0.1) is 11.8 Å². The summed E-state index contributed by atoms with van der Waals surface area (Å²) in [6.45, 7) is 4.14. The molecule has 0 bridgehead atoms. The number of ether oxygens (including phenoxy) is 1. The Labute approximate surface area is 175 Å². The Balaban J connectivity index is 1.62. The third-order valence-corrected chi connectivity index (χ3v) is 5.17. The number of aromatic nitrogens is 3. The molecule has 0 aliphatic rings. The minimum absolute atomic E-state index is 0.309. The van der Waals surface area contributed by atoms with Crippen LogP contribution >= 0.6 is 11.8 Å². The minimum Gasteiger partial charge on any atom is -0.406 e. The van der Waals surface area contributed by atoms with Crippen molar-refractivity contribution in [2.45, 2.75) is 37.2 Å². The third-order valence-electron chi connectivity index (χ3n) is 4.09. The van der Waals surface area contributed by atoms with Gasteiger partial charge in [0, 0.05) is 5.69 Å². The van der Waals surface area contributed by atoms with E-state index in [0.29, 0.717) is 17.4 Å². The van der Waals surface area contributed by atoms with Crippen LogP contribution < -0.4 is 10.1 Å². The average molecular weight is 436 g/mol. The SMILES string of the molecule is Cc1nnc(SC(C)C(=O)Nc2ccc(OC(F)(F)F)cc2)n1Cc1ccccc1. The third kappa shape index (κ3) is 5.99. The zero-order valence-electron chi connectivity index (χ0n) is 16.2. The summed E-state index contributed by atoms with van der Waals surface area (Å²) >= 11 is 1.25. The zero-order chi connectivity index (χ0) is 21.7. The summed E-state index contributed by atoms with van der Waals surface area (Å²) in [4.78, 5) is 12.5. The van der Waals surface area contributed by atoms with Crippen molar-refractivity contribution in [1.82, 2.24) is 14.8 Å². The van der Waals surface area contributed by atoms with Gasteiger partial charge >= 0.3 is 6.36 Å². The van der Waals surface area contributed by atoms with Crippen LogP contribution in [0.3, 0.4) is 0 Å². The van der Waals surface area contributed by atoms with E-state index in [4.69, 9.17) is 0 Å². The number of halogens is 3. The molecule has 1 unspecified atom stereocenters. The molecule has 3 aromatic rings. The molecular formula is C20H19F3N4O2S. The Kier molecular flexibility index (Phi) is 6.66. The molecule has 3 rings (SSSR count). The highest BCUT2D eigenvalue weighted by Crippen LogP contribution is 2.26. The van der Waals surface area contributed by atoms with E-state index < -0.39 is 11.6 Å². The first kappa shape index (κ1) is 21.7. The molecule has 0 aliphatic carbocycles. The lowest BCUT2D eigenvalue weighted by Gasteiger charge is -2.14. The number of alkyl halides is 3.